The second kappa shape index (κ2) is 8.05. The molecule has 2 atom stereocenters. The zero-order chi connectivity index (χ0) is 18.6. The van der Waals surface area contributed by atoms with Crippen molar-refractivity contribution in [1.82, 2.24) is 5.32 Å². The van der Waals surface area contributed by atoms with Gasteiger partial charge in [-0.3, -0.25) is 19.7 Å². The molecule has 1 aliphatic carbocycles. The highest BCUT2D eigenvalue weighted by Crippen LogP contribution is 2.35. The van der Waals surface area contributed by atoms with Crippen LogP contribution >= 0.6 is 23.4 Å². The van der Waals surface area contributed by atoms with E-state index < -0.39 is 22.3 Å². The first-order chi connectivity index (χ1) is 11.7. The summed E-state index contributed by atoms with van der Waals surface area (Å²) in [4.78, 5) is 34.6. The second-order valence-corrected chi connectivity index (χ2v) is 7.71. The Labute approximate surface area is 154 Å². The molecule has 1 aromatic carbocycles. The standard InChI is InChI=1S/C16H19ClN2O5S/c1-16(7-3-2-4-11(16)15(21)22)18-14(20)9-25-13-6-5-10(17)8-12(13)19(23)24/h5-6,8,11H,2-4,7,9H2,1H3,(H,18,20)(H,21,22). The van der Waals surface area contributed by atoms with Gasteiger partial charge in [0.2, 0.25) is 5.91 Å². The van der Waals surface area contributed by atoms with Crippen LogP contribution in [0.15, 0.2) is 23.1 Å². The summed E-state index contributed by atoms with van der Waals surface area (Å²) >= 11 is 6.80. The fourth-order valence-corrected chi connectivity index (χ4v) is 4.10. The maximum Gasteiger partial charge on any atom is 0.308 e. The van der Waals surface area contributed by atoms with Crippen LogP contribution in [0.5, 0.6) is 0 Å². The molecule has 25 heavy (non-hydrogen) atoms. The van der Waals surface area contributed by atoms with Crippen molar-refractivity contribution in [2.24, 2.45) is 5.92 Å². The zero-order valence-corrected chi connectivity index (χ0v) is 15.2. The summed E-state index contributed by atoms with van der Waals surface area (Å²) in [6.45, 7) is 1.75. The Kier molecular flexibility index (Phi) is 6.29. The molecule has 1 saturated carbocycles. The highest BCUT2D eigenvalue weighted by Gasteiger charge is 2.42. The lowest BCUT2D eigenvalue weighted by atomic mass is 9.74. The van der Waals surface area contributed by atoms with Gasteiger partial charge in [0.1, 0.15) is 0 Å². The molecule has 1 fully saturated rings. The summed E-state index contributed by atoms with van der Waals surface area (Å²) in [5, 5.41) is 23.5. The minimum Gasteiger partial charge on any atom is -0.481 e. The number of nitro benzene ring substituents is 1. The van der Waals surface area contributed by atoms with Crippen molar-refractivity contribution in [2.45, 2.75) is 43.0 Å². The van der Waals surface area contributed by atoms with Crippen LogP contribution in [0.2, 0.25) is 5.02 Å². The van der Waals surface area contributed by atoms with Crippen LogP contribution in [0.25, 0.3) is 0 Å². The van der Waals surface area contributed by atoms with Crippen LogP contribution in [0.3, 0.4) is 0 Å². The number of thioether (sulfide) groups is 1. The molecule has 7 nitrogen and oxygen atoms in total. The number of halogens is 1. The van der Waals surface area contributed by atoms with Crippen LogP contribution in [0.1, 0.15) is 32.6 Å². The Morgan fingerprint density at radius 1 is 1.48 bits per heavy atom. The summed E-state index contributed by atoms with van der Waals surface area (Å²) in [6.07, 6.45) is 2.81. The first kappa shape index (κ1) is 19.5. The van der Waals surface area contributed by atoms with Crippen LogP contribution < -0.4 is 5.32 Å². The molecule has 0 bridgehead atoms. The number of hydrogen-bond acceptors (Lipinski definition) is 5. The number of benzene rings is 1. The number of aliphatic carboxylic acids is 1. The van der Waals surface area contributed by atoms with Gasteiger partial charge in [0.25, 0.3) is 5.69 Å². The number of carbonyl (C=O) groups is 2. The topological polar surface area (TPSA) is 110 Å². The molecular formula is C16H19ClN2O5S. The molecule has 136 valence electrons. The Morgan fingerprint density at radius 3 is 2.84 bits per heavy atom. The molecule has 0 radical (unpaired) electrons. The number of carboxylic acids is 1. The molecule has 9 heteroatoms. The fraction of sp³-hybridized carbons (Fsp3) is 0.500. The van der Waals surface area contributed by atoms with E-state index >= 15 is 0 Å². The summed E-state index contributed by atoms with van der Waals surface area (Å²) in [5.41, 5.74) is -0.953. The average molecular weight is 387 g/mol. The zero-order valence-electron chi connectivity index (χ0n) is 13.7. The van der Waals surface area contributed by atoms with Gasteiger partial charge in [0.15, 0.2) is 0 Å². The molecule has 0 saturated heterocycles. The molecule has 1 amide bonds. The SMILES string of the molecule is CC1(NC(=O)CSc2ccc(Cl)cc2[N+](=O)[O-])CCCCC1C(=O)O. The predicted molar refractivity (Wildman–Crippen MR) is 95.0 cm³/mol. The van der Waals surface area contributed by atoms with Crippen molar-refractivity contribution in [3.8, 4) is 0 Å². The van der Waals surface area contributed by atoms with E-state index in [9.17, 15) is 24.8 Å². The van der Waals surface area contributed by atoms with E-state index in [0.717, 1.165) is 24.6 Å². The average Bonchev–Trinajstić information content (AvgIpc) is 2.53. The molecule has 2 rings (SSSR count). The Balaban J connectivity index is 2.03. The minimum atomic E-state index is -0.913. The van der Waals surface area contributed by atoms with Gasteiger partial charge in [0.05, 0.1) is 27.0 Å². The van der Waals surface area contributed by atoms with E-state index in [4.69, 9.17) is 11.6 Å². The quantitative estimate of drug-likeness (QED) is 0.440. The van der Waals surface area contributed by atoms with Gasteiger partial charge in [-0.1, -0.05) is 24.4 Å². The van der Waals surface area contributed by atoms with E-state index in [1.165, 1.54) is 18.2 Å². The van der Waals surface area contributed by atoms with Crippen LogP contribution in [-0.4, -0.2) is 33.2 Å². The monoisotopic (exact) mass is 386 g/mol. The van der Waals surface area contributed by atoms with Gasteiger partial charge in [-0.2, -0.15) is 0 Å². The van der Waals surface area contributed by atoms with Gasteiger partial charge in [0, 0.05) is 11.1 Å². The van der Waals surface area contributed by atoms with Crippen LogP contribution in [0.4, 0.5) is 5.69 Å². The minimum absolute atomic E-state index is 0.0373. The first-order valence-corrected chi connectivity index (χ1v) is 9.20. The Hall–Kier alpha value is -1.80. The van der Waals surface area contributed by atoms with E-state index in [1.807, 2.05) is 0 Å². The number of nitro groups is 1. The maximum absolute atomic E-state index is 12.3. The largest absolute Gasteiger partial charge is 0.481 e. The van der Waals surface area contributed by atoms with Gasteiger partial charge in [-0.15, -0.1) is 11.8 Å². The molecule has 1 aromatic rings. The fourth-order valence-electron chi connectivity index (χ4n) is 3.13. The summed E-state index contributed by atoms with van der Waals surface area (Å²) in [7, 11) is 0. The smallest absolute Gasteiger partial charge is 0.308 e. The lowest BCUT2D eigenvalue weighted by Crippen LogP contribution is -2.55. The van der Waals surface area contributed by atoms with Crippen molar-refractivity contribution in [2.75, 3.05) is 5.75 Å². The van der Waals surface area contributed by atoms with Crippen molar-refractivity contribution in [1.29, 1.82) is 0 Å². The highest BCUT2D eigenvalue weighted by molar-refractivity contribution is 8.00. The van der Waals surface area contributed by atoms with E-state index in [-0.39, 0.29) is 22.4 Å². The predicted octanol–water partition coefficient (Wildman–Crippen LogP) is 3.49. The van der Waals surface area contributed by atoms with Crippen molar-refractivity contribution in [3.63, 3.8) is 0 Å². The number of nitrogens with one attached hydrogen (secondary N) is 1. The molecule has 0 spiro atoms. The molecule has 2 unspecified atom stereocenters. The summed E-state index contributed by atoms with van der Waals surface area (Å²) in [5.74, 6) is -1.92. The maximum atomic E-state index is 12.3. The Morgan fingerprint density at radius 2 is 2.20 bits per heavy atom. The number of amides is 1. The summed E-state index contributed by atoms with van der Waals surface area (Å²) in [6, 6.07) is 4.27. The van der Waals surface area contributed by atoms with Gasteiger partial charge in [-0.05, 0) is 31.9 Å². The highest BCUT2D eigenvalue weighted by atomic mass is 35.5. The van der Waals surface area contributed by atoms with Crippen molar-refractivity contribution < 1.29 is 19.6 Å². The van der Waals surface area contributed by atoms with Crippen LogP contribution in [-0.2, 0) is 9.59 Å². The number of nitrogens with zero attached hydrogens (tertiary/aromatic N) is 1. The van der Waals surface area contributed by atoms with Gasteiger partial charge >= 0.3 is 5.97 Å². The van der Waals surface area contributed by atoms with E-state index in [1.54, 1.807) is 6.92 Å². The molecular weight excluding hydrogens is 368 g/mol. The van der Waals surface area contributed by atoms with E-state index in [2.05, 4.69) is 5.32 Å². The molecule has 0 aliphatic heterocycles. The third-order valence-electron chi connectivity index (χ3n) is 4.41. The van der Waals surface area contributed by atoms with Crippen molar-refractivity contribution in [3.05, 3.63) is 33.3 Å². The van der Waals surface area contributed by atoms with Crippen LogP contribution in [0, 0.1) is 16.0 Å². The molecule has 2 N–H and O–H groups in total. The molecule has 1 aliphatic rings. The lowest BCUT2D eigenvalue weighted by Gasteiger charge is -2.39. The van der Waals surface area contributed by atoms with Gasteiger partial charge < -0.3 is 10.4 Å². The third-order valence-corrected chi connectivity index (χ3v) is 5.71. The lowest BCUT2D eigenvalue weighted by molar-refractivity contribution is -0.387. The third kappa shape index (κ3) is 4.85. The second-order valence-electron chi connectivity index (χ2n) is 6.26. The molecule has 0 heterocycles. The first-order valence-electron chi connectivity index (χ1n) is 7.83. The number of carboxylic acid groups (broad SMARTS) is 1. The van der Waals surface area contributed by atoms with Crippen molar-refractivity contribution >= 4 is 40.9 Å². The molecule has 0 aromatic heterocycles. The normalized spacial score (nSPS) is 23.0. The number of rotatable bonds is 6. The Bertz CT molecular complexity index is 699. The summed E-state index contributed by atoms with van der Waals surface area (Å²) < 4.78 is 0. The number of hydrogen-bond donors (Lipinski definition) is 2. The van der Waals surface area contributed by atoms with E-state index in [0.29, 0.717) is 17.7 Å². The number of carbonyl (C=O) groups excluding carboxylic acids is 1. The van der Waals surface area contributed by atoms with Gasteiger partial charge in [-0.25, -0.2) is 0 Å².